The fourth-order valence-corrected chi connectivity index (χ4v) is 3.00. The van der Waals surface area contributed by atoms with Crippen molar-refractivity contribution in [3.63, 3.8) is 0 Å². The molecule has 7 nitrogen and oxygen atoms in total. The molecule has 0 atom stereocenters. The Morgan fingerprint density at radius 2 is 1.48 bits per heavy atom. The van der Waals surface area contributed by atoms with Crippen molar-refractivity contribution in [1.29, 1.82) is 0 Å². The molecule has 3 aromatic rings. The first-order valence-electron chi connectivity index (χ1n) is 9.21. The maximum absolute atomic E-state index is 5.42. The van der Waals surface area contributed by atoms with E-state index in [1.165, 1.54) is 5.56 Å². The van der Waals surface area contributed by atoms with Crippen LogP contribution in [0.2, 0.25) is 0 Å². The number of hydrogen-bond acceptors (Lipinski definition) is 7. The summed E-state index contributed by atoms with van der Waals surface area (Å²) in [5, 5.41) is 6.60. The van der Waals surface area contributed by atoms with Crippen molar-refractivity contribution in [2.75, 3.05) is 32.0 Å². The average Bonchev–Trinajstić information content (AvgIpc) is 2.70. The number of ether oxygens (including phenoxy) is 3. The fraction of sp³-hybridized carbons (Fsp3) is 0.273. The second-order valence-electron chi connectivity index (χ2n) is 6.63. The van der Waals surface area contributed by atoms with Crippen molar-refractivity contribution >= 4 is 23.1 Å². The second-order valence-corrected chi connectivity index (χ2v) is 6.63. The molecule has 152 valence electrons. The molecular formula is C22H26N4O3. The summed E-state index contributed by atoms with van der Waals surface area (Å²) in [6, 6.07) is 11.6. The predicted molar refractivity (Wildman–Crippen MR) is 115 cm³/mol. The highest BCUT2D eigenvalue weighted by Gasteiger charge is 2.14. The smallest absolute Gasteiger partial charge is 0.229 e. The number of anilines is 4. The summed E-state index contributed by atoms with van der Waals surface area (Å²) in [5.74, 6) is 2.84. The largest absolute Gasteiger partial charge is 0.493 e. The zero-order valence-corrected chi connectivity index (χ0v) is 17.6. The van der Waals surface area contributed by atoms with E-state index in [4.69, 9.17) is 14.2 Å². The quantitative estimate of drug-likeness (QED) is 0.589. The third-order valence-corrected chi connectivity index (χ3v) is 4.64. The molecule has 0 radical (unpaired) electrons. The van der Waals surface area contributed by atoms with Gasteiger partial charge in [0.1, 0.15) is 5.82 Å². The van der Waals surface area contributed by atoms with Crippen LogP contribution in [0.5, 0.6) is 17.2 Å². The van der Waals surface area contributed by atoms with Crippen LogP contribution in [-0.4, -0.2) is 31.3 Å². The standard InChI is InChI=1S/C22H26N4O3/c1-13-8-7-9-17(15(13)3)25-22-23-14(2)10-20(26-22)24-16-11-18(27-4)21(29-6)19(12-16)28-5/h7-12H,1-6H3,(H2,23,24,25,26). The molecule has 0 saturated carbocycles. The lowest BCUT2D eigenvalue weighted by molar-refractivity contribution is 0.324. The Kier molecular flexibility index (Phi) is 6.07. The van der Waals surface area contributed by atoms with E-state index in [9.17, 15) is 0 Å². The van der Waals surface area contributed by atoms with Crippen LogP contribution in [0.4, 0.5) is 23.1 Å². The van der Waals surface area contributed by atoms with Crippen molar-refractivity contribution in [3.8, 4) is 17.2 Å². The molecule has 29 heavy (non-hydrogen) atoms. The highest BCUT2D eigenvalue weighted by molar-refractivity contribution is 5.68. The minimum Gasteiger partial charge on any atom is -0.493 e. The van der Waals surface area contributed by atoms with Gasteiger partial charge in [-0.3, -0.25) is 0 Å². The molecule has 7 heteroatoms. The summed E-state index contributed by atoms with van der Waals surface area (Å²) < 4.78 is 16.2. The predicted octanol–water partition coefficient (Wildman–Crippen LogP) is 4.91. The molecule has 0 aliphatic heterocycles. The summed E-state index contributed by atoms with van der Waals surface area (Å²) in [6.45, 7) is 6.08. The van der Waals surface area contributed by atoms with Crippen molar-refractivity contribution < 1.29 is 14.2 Å². The molecule has 2 N–H and O–H groups in total. The van der Waals surface area contributed by atoms with E-state index < -0.39 is 0 Å². The maximum Gasteiger partial charge on any atom is 0.229 e. The van der Waals surface area contributed by atoms with Crippen molar-refractivity contribution in [1.82, 2.24) is 9.97 Å². The highest BCUT2D eigenvalue weighted by Crippen LogP contribution is 2.40. The van der Waals surface area contributed by atoms with Crippen molar-refractivity contribution in [2.24, 2.45) is 0 Å². The Hall–Kier alpha value is -3.48. The fourth-order valence-electron chi connectivity index (χ4n) is 3.00. The Balaban J connectivity index is 1.92. The SMILES string of the molecule is COc1cc(Nc2cc(C)nc(Nc3cccc(C)c3C)n2)cc(OC)c1OC. The molecule has 0 amide bonds. The first kappa shape index (κ1) is 20.3. The molecule has 0 fully saturated rings. The van der Waals surface area contributed by atoms with Crippen LogP contribution in [0.15, 0.2) is 36.4 Å². The molecule has 0 bridgehead atoms. The molecule has 0 unspecified atom stereocenters. The number of hydrogen-bond donors (Lipinski definition) is 2. The van der Waals surface area contributed by atoms with Crippen LogP contribution in [0, 0.1) is 20.8 Å². The van der Waals surface area contributed by atoms with Crippen LogP contribution in [-0.2, 0) is 0 Å². The van der Waals surface area contributed by atoms with Gasteiger partial charge in [0.05, 0.1) is 21.3 Å². The molecule has 2 aromatic carbocycles. The normalized spacial score (nSPS) is 10.4. The zero-order chi connectivity index (χ0) is 21.0. The summed E-state index contributed by atoms with van der Waals surface area (Å²) in [6.07, 6.45) is 0. The summed E-state index contributed by atoms with van der Waals surface area (Å²) >= 11 is 0. The average molecular weight is 394 g/mol. The van der Waals surface area contributed by atoms with E-state index >= 15 is 0 Å². The second kappa shape index (κ2) is 8.68. The van der Waals surface area contributed by atoms with Gasteiger partial charge in [-0.05, 0) is 38.0 Å². The number of aromatic nitrogens is 2. The summed E-state index contributed by atoms with van der Waals surface area (Å²) in [7, 11) is 4.75. The molecule has 0 aliphatic carbocycles. The summed E-state index contributed by atoms with van der Waals surface area (Å²) in [5.41, 5.74) is 4.95. The third kappa shape index (κ3) is 4.51. The van der Waals surface area contributed by atoms with Crippen LogP contribution in [0.25, 0.3) is 0 Å². The van der Waals surface area contributed by atoms with E-state index in [0.717, 1.165) is 22.6 Å². The van der Waals surface area contributed by atoms with E-state index in [1.807, 2.05) is 37.3 Å². The van der Waals surface area contributed by atoms with Gasteiger partial charge in [0, 0.05) is 35.3 Å². The number of nitrogens with one attached hydrogen (secondary N) is 2. The van der Waals surface area contributed by atoms with Gasteiger partial charge in [0.15, 0.2) is 11.5 Å². The topological polar surface area (TPSA) is 77.5 Å². The Morgan fingerprint density at radius 1 is 0.793 bits per heavy atom. The van der Waals surface area contributed by atoms with Gasteiger partial charge in [-0.1, -0.05) is 12.1 Å². The van der Waals surface area contributed by atoms with E-state index in [-0.39, 0.29) is 0 Å². The van der Waals surface area contributed by atoms with Gasteiger partial charge in [0.2, 0.25) is 11.7 Å². The number of nitrogens with zero attached hydrogens (tertiary/aromatic N) is 2. The van der Waals surface area contributed by atoms with Crippen molar-refractivity contribution in [3.05, 3.63) is 53.2 Å². The van der Waals surface area contributed by atoms with E-state index in [0.29, 0.717) is 29.0 Å². The number of rotatable bonds is 7. The van der Waals surface area contributed by atoms with E-state index in [2.05, 4.69) is 40.5 Å². The lowest BCUT2D eigenvalue weighted by Crippen LogP contribution is -2.04. The lowest BCUT2D eigenvalue weighted by atomic mass is 10.1. The lowest BCUT2D eigenvalue weighted by Gasteiger charge is -2.16. The van der Waals surface area contributed by atoms with Gasteiger partial charge in [0.25, 0.3) is 0 Å². The number of benzene rings is 2. The molecule has 0 aliphatic rings. The molecule has 1 aromatic heterocycles. The monoisotopic (exact) mass is 394 g/mol. The Bertz CT molecular complexity index is 996. The van der Waals surface area contributed by atoms with Gasteiger partial charge in [-0.15, -0.1) is 0 Å². The third-order valence-electron chi connectivity index (χ3n) is 4.64. The summed E-state index contributed by atoms with van der Waals surface area (Å²) in [4.78, 5) is 9.11. The maximum atomic E-state index is 5.42. The Morgan fingerprint density at radius 3 is 2.10 bits per heavy atom. The first-order valence-corrected chi connectivity index (χ1v) is 9.21. The van der Waals surface area contributed by atoms with Gasteiger partial charge in [-0.2, -0.15) is 4.98 Å². The van der Waals surface area contributed by atoms with Gasteiger partial charge >= 0.3 is 0 Å². The molecule has 1 heterocycles. The number of methoxy groups -OCH3 is 3. The minimum absolute atomic E-state index is 0.522. The van der Waals surface area contributed by atoms with Gasteiger partial charge in [-0.25, -0.2) is 4.98 Å². The van der Waals surface area contributed by atoms with Crippen LogP contribution < -0.4 is 24.8 Å². The minimum atomic E-state index is 0.522. The van der Waals surface area contributed by atoms with Crippen LogP contribution in [0.1, 0.15) is 16.8 Å². The zero-order valence-electron chi connectivity index (χ0n) is 17.6. The van der Waals surface area contributed by atoms with Crippen molar-refractivity contribution in [2.45, 2.75) is 20.8 Å². The number of aryl methyl sites for hydroxylation is 2. The molecule has 0 saturated heterocycles. The van der Waals surface area contributed by atoms with Crippen LogP contribution in [0.3, 0.4) is 0 Å². The van der Waals surface area contributed by atoms with Crippen LogP contribution >= 0.6 is 0 Å². The highest BCUT2D eigenvalue weighted by atomic mass is 16.5. The first-order chi connectivity index (χ1) is 13.9. The Labute approximate surface area is 171 Å². The van der Waals surface area contributed by atoms with E-state index in [1.54, 1.807) is 21.3 Å². The van der Waals surface area contributed by atoms with Gasteiger partial charge < -0.3 is 24.8 Å². The molecule has 3 rings (SSSR count). The molecular weight excluding hydrogens is 368 g/mol. The molecule has 0 spiro atoms.